The predicted molar refractivity (Wildman–Crippen MR) is 88.2 cm³/mol. The summed E-state index contributed by atoms with van der Waals surface area (Å²) in [6.45, 7) is 6.07. The van der Waals surface area contributed by atoms with Crippen molar-refractivity contribution in [3.05, 3.63) is 27.7 Å². The first-order valence-corrected chi connectivity index (χ1v) is 9.21. The fraction of sp³-hybridized carbons (Fsp3) is 0.571. The van der Waals surface area contributed by atoms with Gasteiger partial charge in [-0.2, -0.15) is 0 Å². The maximum absolute atomic E-state index is 12.5. The van der Waals surface area contributed by atoms with Gasteiger partial charge in [0.1, 0.15) is 4.90 Å². The first-order chi connectivity index (χ1) is 9.76. The number of halogens is 2. The fourth-order valence-electron chi connectivity index (χ4n) is 2.36. The van der Waals surface area contributed by atoms with E-state index in [1.54, 1.807) is 6.07 Å². The van der Waals surface area contributed by atoms with Crippen LogP contribution in [-0.2, 0) is 16.6 Å². The zero-order valence-electron chi connectivity index (χ0n) is 12.5. The van der Waals surface area contributed by atoms with Crippen molar-refractivity contribution in [3.63, 3.8) is 0 Å². The van der Waals surface area contributed by atoms with E-state index >= 15 is 0 Å². The highest BCUT2D eigenvalue weighted by Crippen LogP contribution is 2.29. The molecular weight excluding hydrogens is 331 g/mol. The number of hydrogen-bond donors (Lipinski definition) is 2. The molecule has 0 saturated carbocycles. The lowest BCUT2D eigenvalue weighted by Crippen LogP contribution is -2.37. The Morgan fingerprint density at radius 3 is 2.29 bits per heavy atom. The fourth-order valence-corrected chi connectivity index (χ4v) is 4.62. The van der Waals surface area contributed by atoms with Gasteiger partial charge in [-0.25, -0.2) is 13.1 Å². The third-order valence-corrected chi connectivity index (χ3v) is 6.05. The average molecular weight is 353 g/mol. The Hall–Kier alpha value is -0.330. The largest absolute Gasteiger partial charge is 0.326 e. The van der Waals surface area contributed by atoms with Gasteiger partial charge in [-0.05, 0) is 30.5 Å². The third-order valence-electron chi connectivity index (χ3n) is 3.69. The first-order valence-electron chi connectivity index (χ1n) is 6.97. The lowest BCUT2D eigenvalue weighted by atomic mass is 9.96. The molecule has 0 radical (unpaired) electrons. The van der Waals surface area contributed by atoms with E-state index in [2.05, 4.69) is 4.72 Å². The number of nitrogens with two attached hydrogens (primary N) is 1. The van der Waals surface area contributed by atoms with Crippen LogP contribution in [0.3, 0.4) is 0 Å². The molecule has 0 heterocycles. The quantitative estimate of drug-likeness (QED) is 0.787. The third kappa shape index (κ3) is 4.57. The number of sulfonamides is 1. The van der Waals surface area contributed by atoms with Gasteiger partial charge in [0, 0.05) is 17.6 Å². The highest BCUT2D eigenvalue weighted by atomic mass is 35.5. The van der Waals surface area contributed by atoms with Crippen molar-refractivity contribution in [1.29, 1.82) is 0 Å². The van der Waals surface area contributed by atoms with Crippen LogP contribution in [0.15, 0.2) is 17.0 Å². The normalized spacial score (nSPS) is 13.7. The van der Waals surface area contributed by atoms with Crippen molar-refractivity contribution in [2.75, 3.05) is 0 Å². The molecule has 3 N–H and O–H groups in total. The summed E-state index contributed by atoms with van der Waals surface area (Å²) in [5.74, 6) is 0.270. The molecule has 0 spiro atoms. The smallest absolute Gasteiger partial charge is 0.242 e. The van der Waals surface area contributed by atoms with Crippen molar-refractivity contribution >= 4 is 33.2 Å². The van der Waals surface area contributed by atoms with Gasteiger partial charge in [0.25, 0.3) is 0 Å². The maximum atomic E-state index is 12.5. The van der Waals surface area contributed by atoms with Crippen LogP contribution in [-0.4, -0.2) is 14.5 Å². The van der Waals surface area contributed by atoms with Crippen molar-refractivity contribution in [2.24, 2.45) is 11.7 Å². The molecular formula is C14H22Cl2N2O2S. The molecule has 0 saturated heterocycles. The van der Waals surface area contributed by atoms with Gasteiger partial charge >= 0.3 is 0 Å². The molecule has 0 bridgehead atoms. The standard InChI is InChI=1S/C14H22Cl2N2O2S/c1-4-10(5-2)9(3)18-21(19,20)13-7-12(15)6-11(8-17)14(13)16/h6-7,9-10,18H,4-5,8,17H2,1-3H3. The molecule has 7 heteroatoms. The molecule has 21 heavy (non-hydrogen) atoms. The number of rotatable bonds is 7. The Kier molecular flexibility index (Phi) is 6.94. The number of hydrogen-bond acceptors (Lipinski definition) is 3. The average Bonchev–Trinajstić information content (AvgIpc) is 2.41. The monoisotopic (exact) mass is 352 g/mol. The second-order valence-electron chi connectivity index (χ2n) is 5.07. The molecule has 1 aromatic carbocycles. The molecule has 1 aromatic rings. The Balaban J connectivity index is 3.17. The minimum absolute atomic E-state index is 0.0186. The molecule has 0 aromatic heterocycles. The molecule has 0 aliphatic carbocycles. The van der Waals surface area contributed by atoms with E-state index in [9.17, 15) is 8.42 Å². The Morgan fingerprint density at radius 2 is 1.81 bits per heavy atom. The van der Waals surface area contributed by atoms with E-state index in [0.29, 0.717) is 10.6 Å². The second kappa shape index (κ2) is 7.79. The maximum Gasteiger partial charge on any atom is 0.242 e. The number of nitrogens with one attached hydrogen (secondary N) is 1. The van der Waals surface area contributed by atoms with Gasteiger partial charge < -0.3 is 5.73 Å². The van der Waals surface area contributed by atoms with Crippen molar-refractivity contribution in [1.82, 2.24) is 4.72 Å². The van der Waals surface area contributed by atoms with Crippen LogP contribution >= 0.6 is 23.2 Å². The van der Waals surface area contributed by atoms with Gasteiger partial charge in [-0.1, -0.05) is 49.9 Å². The van der Waals surface area contributed by atoms with Crippen molar-refractivity contribution in [3.8, 4) is 0 Å². The highest BCUT2D eigenvalue weighted by molar-refractivity contribution is 7.89. The SMILES string of the molecule is CCC(CC)C(C)NS(=O)(=O)c1cc(Cl)cc(CN)c1Cl. The summed E-state index contributed by atoms with van der Waals surface area (Å²) >= 11 is 12.1. The molecule has 4 nitrogen and oxygen atoms in total. The second-order valence-corrected chi connectivity index (χ2v) is 7.56. The summed E-state index contributed by atoms with van der Waals surface area (Å²) in [6, 6.07) is 2.75. The molecule has 120 valence electrons. The van der Waals surface area contributed by atoms with E-state index in [0.717, 1.165) is 12.8 Å². The molecule has 0 fully saturated rings. The van der Waals surface area contributed by atoms with E-state index in [1.165, 1.54) is 6.07 Å². The van der Waals surface area contributed by atoms with Crippen LogP contribution < -0.4 is 10.5 Å². The van der Waals surface area contributed by atoms with Crippen LogP contribution in [0, 0.1) is 5.92 Å². The zero-order valence-corrected chi connectivity index (χ0v) is 14.8. The minimum atomic E-state index is -3.73. The van der Waals surface area contributed by atoms with Crippen LogP contribution in [0.4, 0.5) is 0 Å². The summed E-state index contributed by atoms with van der Waals surface area (Å²) in [4.78, 5) is -0.0186. The van der Waals surface area contributed by atoms with Crippen LogP contribution in [0.5, 0.6) is 0 Å². The Morgan fingerprint density at radius 1 is 1.24 bits per heavy atom. The summed E-state index contributed by atoms with van der Waals surface area (Å²) < 4.78 is 27.7. The molecule has 0 aliphatic heterocycles. The zero-order chi connectivity index (χ0) is 16.2. The molecule has 1 rings (SSSR count). The minimum Gasteiger partial charge on any atom is -0.326 e. The van der Waals surface area contributed by atoms with Gasteiger partial charge in [0.05, 0.1) is 5.02 Å². The van der Waals surface area contributed by atoms with E-state index < -0.39 is 10.0 Å². The van der Waals surface area contributed by atoms with Gasteiger partial charge in [0.15, 0.2) is 0 Å². The van der Waals surface area contributed by atoms with Crippen LogP contribution in [0.1, 0.15) is 39.2 Å². The first kappa shape index (κ1) is 18.7. The number of benzene rings is 1. The van der Waals surface area contributed by atoms with Gasteiger partial charge in [0.2, 0.25) is 10.0 Å². The van der Waals surface area contributed by atoms with Gasteiger partial charge in [-0.15, -0.1) is 0 Å². The van der Waals surface area contributed by atoms with Crippen molar-refractivity contribution < 1.29 is 8.42 Å². The Labute approximate surface area is 137 Å². The molecule has 1 atom stereocenters. The van der Waals surface area contributed by atoms with E-state index in [-0.39, 0.29) is 28.4 Å². The molecule has 0 amide bonds. The lowest BCUT2D eigenvalue weighted by molar-refractivity contribution is 0.391. The molecule has 1 unspecified atom stereocenters. The lowest BCUT2D eigenvalue weighted by Gasteiger charge is -2.23. The summed E-state index contributed by atoms with van der Waals surface area (Å²) in [7, 11) is -3.73. The highest BCUT2D eigenvalue weighted by Gasteiger charge is 2.25. The topological polar surface area (TPSA) is 72.2 Å². The van der Waals surface area contributed by atoms with Gasteiger partial charge in [-0.3, -0.25) is 0 Å². The van der Waals surface area contributed by atoms with Crippen molar-refractivity contribution in [2.45, 2.75) is 51.1 Å². The van der Waals surface area contributed by atoms with Crippen LogP contribution in [0.25, 0.3) is 0 Å². The summed E-state index contributed by atoms with van der Waals surface area (Å²) in [6.07, 6.45) is 1.80. The van der Waals surface area contributed by atoms with E-state index in [1.807, 2.05) is 20.8 Å². The van der Waals surface area contributed by atoms with Crippen LogP contribution in [0.2, 0.25) is 10.0 Å². The summed E-state index contributed by atoms with van der Waals surface area (Å²) in [5.41, 5.74) is 6.08. The predicted octanol–water partition coefficient (Wildman–Crippen LogP) is 3.56. The Bertz CT molecular complexity index is 587. The molecule has 0 aliphatic rings. The van der Waals surface area contributed by atoms with E-state index in [4.69, 9.17) is 28.9 Å². The summed E-state index contributed by atoms with van der Waals surface area (Å²) in [5, 5.41) is 0.432.